The van der Waals surface area contributed by atoms with E-state index in [0.29, 0.717) is 6.54 Å². The lowest BCUT2D eigenvalue weighted by molar-refractivity contribution is 0.0942. The molecule has 11 heavy (non-hydrogen) atoms. The van der Waals surface area contributed by atoms with Gasteiger partial charge < -0.3 is 16.6 Å². The quantitative estimate of drug-likeness (QED) is 0.533. The number of aliphatic hydroxyl groups excluding tert-OH is 1. The van der Waals surface area contributed by atoms with Crippen LogP contribution in [0, 0.1) is 5.92 Å². The molecule has 0 spiro atoms. The Balaban J connectivity index is 3.55. The fourth-order valence-corrected chi connectivity index (χ4v) is 1.02. The Kier molecular flexibility index (Phi) is 5.46. The van der Waals surface area contributed by atoms with Crippen LogP contribution in [-0.2, 0) is 0 Å². The number of rotatable bonds is 5. The molecule has 0 aliphatic carbocycles. The standard InChI is InChI=1S/C8H20N2O/c1-6(2)8(11)7(10)4-3-5-9/h6-8,11H,3-5,9-10H2,1-2H3. The topological polar surface area (TPSA) is 72.3 Å². The average molecular weight is 160 g/mol. The molecule has 0 aromatic rings. The van der Waals surface area contributed by atoms with Crippen LogP contribution in [0.3, 0.4) is 0 Å². The Hall–Kier alpha value is -0.120. The molecule has 5 N–H and O–H groups in total. The van der Waals surface area contributed by atoms with Crippen LogP contribution >= 0.6 is 0 Å². The van der Waals surface area contributed by atoms with Crippen molar-refractivity contribution in [3.63, 3.8) is 0 Å². The van der Waals surface area contributed by atoms with Crippen LogP contribution in [0.2, 0.25) is 0 Å². The molecule has 0 radical (unpaired) electrons. The maximum absolute atomic E-state index is 9.46. The van der Waals surface area contributed by atoms with Crippen LogP contribution in [0.5, 0.6) is 0 Å². The van der Waals surface area contributed by atoms with E-state index in [9.17, 15) is 5.11 Å². The Morgan fingerprint density at radius 3 is 2.27 bits per heavy atom. The lowest BCUT2D eigenvalue weighted by atomic mass is 9.97. The highest BCUT2D eigenvalue weighted by Gasteiger charge is 2.16. The van der Waals surface area contributed by atoms with Gasteiger partial charge in [0.05, 0.1) is 6.10 Å². The molecule has 0 saturated heterocycles. The smallest absolute Gasteiger partial charge is 0.0713 e. The van der Waals surface area contributed by atoms with Gasteiger partial charge in [-0.3, -0.25) is 0 Å². The first-order valence-corrected chi connectivity index (χ1v) is 4.23. The van der Waals surface area contributed by atoms with E-state index in [1.165, 1.54) is 0 Å². The molecule has 3 nitrogen and oxygen atoms in total. The van der Waals surface area contributed by atoms with Gasteiger partial charge in [0.15, 0.2) is 0 Å². The summed E-state index contributed by atoms with van der Waals surface area (Å²) in [6.07, 6.45) is 1.32. The molecule has 0 aliphatic heterocycles. The van der Waals surface area contributed by atoms with Gasteiger partial charge in [-0.1, -0.05) is 13.8 Å². The van der Waals surface area contributed by atoms with Crippen LogP contribution in [0.1, 0.15) is 26.7 Å². The maximum Gasteiger partial charge on any atom is 0.0713 e. The first-order valence-electron chi connectivity index (χ1n) is 4.23. The van der Waals surface area contributed by atoms with Crippen molar-refractivity contribution in [2.45, 2.75) is 38.8 Å². The summed E-state index contributed by atoms with van der Waals surface area (Å²) in [5.74, 6) is 0.239. The van der Waals surface area contributed by atoms with Crippen molar-refractivity contribution in [3.05, 3.63) is 0 Å². The van der Waals surface area contributed by atoms with Crippen LogP contribution in [0.25, 0.3) is 0 Å². The Labute approximate surface area is 68.8 Å². The molecule has 68 valence electrons. The van der Waals surface area contributed by atoms with E-state index < -0.39 is 0 Å². The number of hydrogen-bond donors (Lipinski definition) is 3. The summed E-state index contributed by atoms with van der Waals surface area (Å²) in [5, 5.41) is 9.46. The molecule has 0 amide bonds. The van der Waals surface area contributed by atoms with Crippen LogP contribution < -0.4 is 11.5 Å². The molecular weight excluding hydrogens is 140 g/mol. The monoisotopic (exact) mass is 160 g/mol. The molecule has 2 atom stereocenters. The van der Waals surface area contributed by atoms with E-state index in [4.69, 9.17) is 11.5 Å². The summed E-state index contributed by atoms with van der Waals surface area (Å²) in [6.45, 7) is 4.58. The second kappa shape index (κ2) is 5.52. The molecule has 0 fully saturated rings. The lowest BCUT2D eigenvalue weighted by Crippen LogP contribution is -2.38. The van der Waals surface area contributed by atoms with Crippen LogP contribution in [-0.4, -0.2) is 23.8 Å². The summed E-state index contributed by atoms with van der Waals surface area (Å²) in [5.41, 5.74) is 11.0. The molecule has 0 aromatic carbocycles. The summed E-state index contributed by atoms with van der Waals surface area (Å²) >= 11 is 0. The lowest BCUT2D eigenvalue weighted by Gasteiger charge is -2.21. The Morgan fingerprint density at radius 2 is 1.91 bits per heavy atom. The largest absolute Gasteiger partial charge is 0.391 e. The maximum atomic E-state index is 9.46. The molecule has 0 saturated carbocycles. The molecule has 0 aliphatic rings. The minimum absolute atomic E-state index is 0.112. The normalized spacial score (nSPS) is 16.9. The first kappa shape index (κ1) is 10.9. The van der Waals surface area contributed by atoms with Gasteiger partial charge in [0.1, 0.15) is 0 Å². The van der Waals surface area contributed by atoms with Gasteiger partial charge in [-0.2, -0.15) is 0 Å². The highest BCUT2D eigenvalue weighted by molar-refractivity contribution is 4.74. The molecule has 0 rings (SSSR count). The van der Waals surface area contributed by atoms with Crippen molar-refractivity contribution in [1.82, 2.24) is 0 Å². The number of hydrogen-bond acceptors (Lipinski definition) is 3. The van der Waals surface area contributed by atoms with Crippen molar-refractivity contribution >= 4 is 0 Å². The van der Waals surface area contributed by atoms with Gasteiger partial charge in [0.25, 0.3) is 0 Å². The first-order chi connectivity index (χ1) is 5.09. The third kappa shape index (κ3) is 4.35. The van der Waals surface area contributed by atoms with Crippen molar-refractivity contribution in [1.29, 1.82) is 0 Å². The highest BCUT2D eigenvalue weighted by Crippen LogP contribution is 2.08. The van der Waals surface area contributed by atoms with Gasteiger partial charge in [-0.15, -0.1) is 0 Å². The van der Waals surface area contributed by atoms with Gasteiger partial charge >= 0.3 is 0 Å². The van der Waals surface area contributed by atoms with Gasteiger partial charge in [0, 0.05) is 6.04 Å². The molecule has 0 heterocycles. The number of aliphatic hydroxyl groups is 1. The fourth-order valence-electron chi connectivity index (χ4n) is 1.02. The molecule has 2 unspecified atom stereocenters. The van der Waals surface area contributed by atoms with E-state index in [1.54, 1.807) is 0 Å². The minimum Gasteiger partial charge on any atom is -0.391 e. The molecule has 3 heteroatoms. The fraction of sp³-hybridized carbons (Fsp3) is 1.00. The van der Waals surface area contributed by atoms with Crippen molar-refractivity contribution in [2.24, 2.45) is 17.4 Å². The average Bonchev–Trinajstić information content (AvgIpc) is 1.98. The van der Waals surface area contributed by atoms with E-state index >= 15 is 0 Å². The van der Waals surface area contributed by atoms with Gasteiger partial charge in [-0.05, 0) is 25.3 Å². The zero-order chi connectivity index (χ0) is 8.85. The SMILES string of the molecule is CC(C)C(O)C(N)CCCN. The van der Waals surface area contributed by atoms with E-state index in [1.807, 2.05) is 13.8 Å². The predicted octanol–water partition coefficient (Wildman–Crippen LogP) is 0.0695. The van der Waals surface area contributed by atoms with Crippen LogP contribution in [0.15, 0.2) is 0 Å². The Bertz CT molecular complexity index is 96.1. The van der Waals surface area contributed by atoms with Crippen molar-refractivity contribution in [2.75, 3.05) is 6.54 Å². The van der Waals surface area contributed by atoms with Crippen molar-refractivity contribution < 1.29 is 5.11 Å². The highest BCUT2D eigenvalue weighted by atomic mass is 16.3. The van der Waals surface area contributed by atoms with E-state index in [0.717, 1.165) is 12.8 Å². The zero-order valence-electron chi connectivity index (χ0n) is 7.46. The third-order valence-electron chi connectivity index (χ3n) is 1.86. The summed E-state index contributed by atoms with van der Waals surface area (Å²) in [4.78, 5) is 0. The Morgan fingerprint density at radius 1 is 1.36 bits per heavy atom. The van der Waals surface area contributed by atoms with Crippen molar-refractivity contribution in [3.8, 4) is 0 Å². The van der Waals surface area contributed by atoms with Gasteiger partial charge in [-0.25, -0.2) is 0 Å². The third-order valence-corrected chi connectivity index (χ3v) is 1.86. The van der Waals surface area contributed by atoms with E-state index in [-0.39, 0.29) is 18.1 Å². The minimum atomic E-state index is -0.387. The number of nitrogens with two attached hydrogens (primary N) is 2. The van der Waals surface area contributed by atoms with Gasteiger partial charge in [0.2, 0.25) is 0 Å². The van der Waals surface area contributed by atoms with E-state index in [2.05, 4.69) is 0 Å². The summed E-state index contributed by atoms with van der Waals surface area (Å²) < 4.78 is 0. The second-order valence-corrected chi connectivity index (χ2v) is 3.33. The second-order valence-electron chi connectivity index (χ2n) is 3.33. The predicted molar refractivity (Wildman–Crippen MR) is 47.1 cm³/mol. The zero-order valence-corrected chi connectivity index (χ0v) is 7.46. The molecule has 0 aromatic heterocycles. The molecule has 0 bridgehead atoms. The molecular formula is C8H20N2O. The summed E-state index contributed by atoms with van der Waals surface area (Å²) in [7, 11) is 0. The van der Waals surface area contributed by atoms with Crippen LogP contribution in [0.4, 0.5) is 0 Å². The summed E-state index contributed by atoms with van der Waals surface area (Å²) in [6, 6.07) is -0.112.